The number of aliphatic hydroxyl groups excluding tert-OH is 1. The summed E-state index contributed by atoms with van der Waals surface area (Å²) in [6.07, 6.45) is 2.62. The van der Waals surface area contributed by atoms with Crippen LogP contribution in [0.1, 0.15) is 43.2 Å². The van der Waals surface area contributed by atoms with Crippen molar-refractivity contribution in [3.8, 4) is 11.5 Å². The van der Waals surface area contributed by atoms with Gasteiger partial charge in [0.2, 0.25) is 5.91 Å². The van der Waals surface area contributed by atoms with Crippen molar-refractivity contribution in [3.05, 3.63) is 57.6 Å². The Labute approximate surface area is 234 Å². The quantitative estimate of drug-likeness (QED) is 0.487. The lowest BCUT2D eigenvalue weighted by molar-refractivity contribution is -0.143. The molecule has 2 aromatic carbocycles. The average Bonchev–Trinajstić information content (AvgIpc) is 2.89. The number of carbonyl (C=O) groups is 2. The van der Waals surface area contributed by atoms with Crippen LogP contribution in [0, 0.1) is 19.3 Å². The minimum Gasteiger partial charge on any atom is -0.493 e. The predicted octanol–water partition coefficient (Wildman–Crippen LogP) is 5.05. The van der Waals surface area contributed by atoms with Gasteiger partial charge in [0.15, 0.2) is 6.61 Å². The van der Waals surface area contributed by atoms with Crippen molar-refractivity contribution in [2.24, 2.45) is 5.41 Å². The summed E-state index contributed by atoms with van der Waals surface area (Å²) in [4.78, 5) is 30.2. The van der Waals surface area contributed by atoms with Gasteiger partial charge in [0.05, 0.1) is 12.7 Å². The van der Waals surface area contributed by atoms with Gasteiger partial charge >= 0.3 is 0 Å². The van der Waals surface area contributed by atoms with E-state index >= 15 is 0 Å². The third kappa shape index (κ3) is 7.33. The number of halogens is 2. The highest BCUT2D eigenvalue weighted by Crippen LogP contribution is 2.36. The molecule has 2 aliphatic rings. The van der Waals surface area contributed by atoms with Crippen LogP contribution in [0.15, 0.2) is 36.4 Å². The van der Waals surface area contributed by atoms with Crippen LogP contribution >= 0.6 is 23.2 Å². The van der Waals surface area contributed by atoms with Gasteiger partial charge in [-0.3, -0.25) is 9.59 Å². The molecule has 2 aliphatic heterocycles. The van der Waals surface area contributed by atoms with E-state index in [0.29, 0.717) is 67.2 Å². The fourth-order valence-electron chi connectivity index (χ4n) is 5.30. The molecule has 0 aromatic heterocycles. The number of aryl methyl sites for hydroxylation is 2. The average molecular weight is 564 g/mol. The van der Waals surface area contributed by atoms with Crippen LogP contribution in [0.2, 0.25) is 10.0 Å². The van der Waals surface area contributed by atoms with Crippen molar-refractivity contribution in [1.29, 1.82) is 0 Å². The van der Waals surface area contributed by atoms with Crippen molar-refractivity contribution in [3.63, 3.8) is 0 Å². The molecule has 1 unspecified atom stereocenters. The molecule has 0 radical (unpaired) electrons. The monoisotopic (exact) mass is 562 g/mol. The highest BCUT2D eigenvalue weighted by atomic mass is 35.5. The molecule has 38 heavy (non-hydrogen) atoms. The number of amides is 2. The number of nitrogens with zero attached hydrogens (tertiary/aromatic N) is 2. The normalized spacial score (nSPS) is 20.3. The molecule has 7 nitrogen and oxygen atoms in total. The number of carbonyl (C=O) groups excluding carboxylic acids is 2. The zero-order chi connectivity index (χ0) is 27.3. The highest BCUT2D eigenvalue weighted by molar-refractivity contribution is 6.32. The summed E-state index contributed by atoms with van der Waals surface area (Å²) in [6.45, 7) is 6.16. The summed E-state index contributed by atoms with van der Waals surface area (Å²) in [7, 11) is 0. The van der Waals surface area contributed by atoms with Crippen molar-refractivity contribution in [1.82, 2.24) is 9.80 Å². The molecular weight excluding hydrogens is 527 g/mol. The Hall–Kier alpha value is -2.48. The molecule has 2 amide bonds. The van der Waals surface area contributed by atoms with E-state index in [1.165, 1.54) is 0 Å². The number of aliphatic hydroxyl groups is 1. The smallest absolute Gasteiger partial charge is 0.260 e. The Balaban J connectivity index is 1.48. The van der Waals surface area contributed by atoms with E-state index in [4.69, 9.17) is 32.7 Å². The van der Waals surface area contributed by atoms with E-state index in [9.17, 15) is 14.7 Å². The van der Waals surface area contributed by atoms with Gasteiger partial charge in [-0.15, -0.1) is 0 Å². The maximum atomic E-state index is 13.4. The summed E-state index contributed by atoms with van der Waals surface area (Å²) in [5.41, 5.74) is 1.31. The van der Waals surface area contributed by atoms with Crippen molar-refractivity contribution in [2.75, 3.05) is 39.4 Å². The van der Waals surface area contributed by atoms with Gasteiger partial charge in [-0.05, 0) is 81.0 Å². The minimum atomic E-state index is -0.543. The Morgan fingerprint density at radius 1 is 0.974 bits per heavy atom. The molecule has 0 bridgehead atoms. The molecule has 2 heterocycles. The van der Waals surface area contributed by atoms with E-state index < -0.39 is 5.41 Å². The van der Waals surface area contributed by atoms with Gasteiger partial charge in [-0.25, -0.2) is 0 Å². The van der Waals surface area contributed by atoms with E-state index in [2.05, 4.69) is 0 Å². The Morgan fingerprint density at radius 3 is 2.37 bits per heavy atom. The lowest BCUT2D eigenvalue weighted by Crippen LogP contribution is -2.52. The molecule has 4 rings (SSSR count). The second-order valence-electron chi connectivity index (χ2n) is 10.6. The first-order chi connectivity index (χ1) is 18.1. The van der Waals surface area contributed by atoms with Gasteiger partial charge < -0.3 is 24.4 Å². The molecule has 0 aliphatic carbocycles. The number of ether oxygens (including phenoxy) is 2. The Kier molecular flexibility index (Phi) is 9.45. The van der Waals surface area contributed by atoms with E-state index in [1.54, 1.807) is 29.2 Å². The van der Waals surface area contributed by atoms with Gasteiger partial charge in [0.1, 0.15) is 11.5 Å². The number of rotatable bonds is 8. The first-order valence-corrected chi connectivity index (χ1v) is 13.9. The SMILES string of the molecule is Cc1cc(OCC2(CC(=O)N3CCC(O)CC3)CCCN(C(=O)COc3cccc(Cl)c3)C2)cc(C)c1Cl. The molecule has 2 fully saturated rings. The van der Waals surface area contributed by atoms with Crippen molar-refractivity contribution in [2.45, 2.75) is 52.1 Å². The van der Waals surface area contributed by atoms with Crippen LogP contribution in [0.4, 0.5) is 0 Å². The van der Waals surface area contributed by atoms with Crippen LogP contribution in [-0.4, -0.2) is 72.2 Å². The molecule has 1 N–H and O–H groups in total. The first kappa shape index (κ1) is 28.5. The molecule has 0 spiro atoms. The molecule has 2 saturated heterocycles. The standard InChI is InChI=1S/C29H36Cl2N2O5/c1-20-13-25(14-21(2)28(20)31)38-19-29(16-26(35)32-11-7-23(34)8-12-32)9-4-10-33(18-29)27(36)17-37-24-6-3-5-22(30)15-24/h3,5-6,13-15,23,34H,4,7-12,16-19H2,1-2H3. The number of hydrogen-bond acceptors (Lipinski definition) is 5. The van der Waals surface area contributed by atoms with Crippen LogP contribution in [0.5, 0.6) is 11.5 Å². The number of benzene rings is 2. The van der Waals surface area contributed by atoms with Crippen molar-refractivity contribution < 1.29 is 24.2 Å². The summed E-state index contributed by atoms with van der Waals surface area (Å²) in [5.74, 6) is 1.13. The first-order valence-electron chi connectivity index (χ1n) is 13.2. The lowest BCUT2D eigenvalue weighted by atomic mass is 9.77. The van der Waals surface area contributed by atoms with E-state index in [-0.39, 0.29) is 30.9 Å². The topological polar surface area (TPSA) is 79.3 Å². The van der Waals surface area contributed by atoms with Gasteiger partial charge in [0, 0.05) is 48.1 Å². The maximum Gasteiger partial charge on any atom is 0.260 e. The summed E-state index contributed by atoms with van der Waals surface area (Å²) < 4.78 is 12.0. The zero-order valence-corrected chi connectivity index (χ0v) is 23.6. The largest absolute Gasteiger partial charge is 0.493 e. The second-order valence-corrected chi connectivity index (χ2v) is 11.4. The van der Waals surface area contributed by atoms with Gasteiger partial charge in [-0.1, -0.05) is 29.3 Å². The molecular formula is C29H36Cl2N2O5. The Bertz CT molecular complexity index is 1130. The number of piperidine rings is 2. The third-order valence-electron chi connectivity index (χ3n) is 7.47. The molecule has 0 saturated carbocycles. The lowest BCUT2D eigenvalue weighted by Gasteiger charge is -2.43. The van der Waals surface area contributed by atoms with Crippen molar-refractivity contribution >= 4 is 35.0 Å². The second kappa shape index (κ2) is 12.6. The zero-order valence-electron chi connectivity index (χ0n) is 22.1. The third-order valence-corrected chi connectivity index (χ3v) is 8.30. The summed E-state index contributed by atoms with van der Waals surface area (Å²) >= 11 is 12.4. The van der Waals surface area contributed by atoms with Crippen LogP contribution in [0.3, 0.4) is 0 Å². The van der Waals surface area contributed by atoms with E-state index in [0.717, 1.165) is 24.0 Å². The fourth-order valence-corrected chi connectivity index (χ4v) is 5.59. The van der Waals surface area contributed by atoms with Crippen LogP contribution in [0.25, 0.3) is 0 Å². The molecule has 9 heteroatoms. The van der Waals surface area contributed by atoms with Crippen LogP contribution < -0.4 is 9.47 Å². The van der Waals surface area contributed by atoms with E-state index in [1.807, 2.05) is 30.9 Å². The molecule has 2 aromatic rings. The Morgan fingerprint density at radius 2 is 1.68 bits per heavy atom. The summed E-state index contributed by atoms with van der Waals surface area (Å²) in [5, 5.41) is 11.1. The fraction of sp³-hybridized carbons (Fsp3) is 0.517. The minimum absolute atomic E-state index is 0.0356. The predicted molar refractivity (Wildman–Crippen MR) is 148 cm³/mol. The number of likely N-dealkylation sites (tertiary alicyclic amines) is 2. The molecule has 1 atom stereocenters. The van der Waals surface area contributed by atoms with Crippen LogP contribution in [-0.2, 0) is 9.59 Å². The van der Waals surface area contributed by atoms with Gasteiger partial charge in [0.25, 0.3) is 5.91 Å². The highest BCUT2D eigenvalue weighted by Gasteiger charge is 2.41. The molecule has 206 valence electrons. The summed E-state index contributed by atoms with van der Waals surface area (Å²) in [6, 6.07) is 10.8. The maximum absolute atomic E-state index is 13.4. The van der Waals surface area contributed by atoms with Gasteiger partial charge in [-0.2, -0.15) is 0 Å². The number of hydrogen-bond donors (Lipinski definition) is 1.